The molecule has 16 heavy (non-hydrogen) atoms. The van der Waals surface area contributed by atoms with Crippen LogP contribution >= 0.6 is 23.2 Å². The van der Waals surface area contributed by atoms with E-state index >= 15 is 0 Å². The van der Waals surface area contributed by atoms with Gasteiger partial charge in [-0.2, -0.15) is 18.2 Å². The van der Waals surface area contributed by atoms with E-state index in [-0.39, 0.29) is 21.6 Å². The predicted molar refractivity (Wildman–Crippen MR) is 51.3 cm³/mol. The second-order valence-corrected chi connectivity index (χ2v) is 3.64. The van der Waals surface area contributed by atoms with Gasteiger partial charge in [-0.25, -0.2) is 9.97 Å². The summed E-state index contributed by atoms with van der Waals surface area (Å²) in [4.78, 5) is 10.4. The Kier molecular flexibility index (Phi) is 2.47. The smallest absolute Gasteiger partial charge is 0.320 e. The Morgan fingerprint density at radius 2 is 1.75 bits per heavy atom. The van der Waals surface area contributed by atoms with Crippen LogP contribution in [0.2, 0.25) is 10.4 Å². The molecule has 2 aromatic heterocycles. The third-order valence-electron chi connectivity index (χ3n) is 1.91. The lowest BCUT2D eigenvalue weighted by atomic mass is 10.5. The molecular weight excluding hydrogens is 268 g/mol. The Morgan fingerprint density at radius 1 is 1.12 bits per heavy atom. The molecule has 86 valence electrons. The van der Waals surface area contributed by atoms with Crippen LogP contribution in [0, 0.1) is 0 Å². The number of aromatic nitrogens is 4. The van der Waals surface area contributed by atoms with E-state index in [4.69, 9.17) is 23.2 Å². The summed E-state index contributed by atoms with van der Waals surface area (Å²) in [5, 5.41) is -0.412. The number of hydrogen-bond acceptors (Lipinski definition) is 3. The lowest BCUT2D eigenvalue weighted by Gasteiger charge is -2.05. The zero-order valence-electron chi connectivity index (χ0n) is 7.68. The van der Waals surface area contributed by atoms with Gasteiger partial charge in [0.2, 0.25) is 11.1 Å². The average molecular weight is 271 g/mol. The van der Waals surface area contributed by atoms with Gasteiger partial charge in [0.1, 0.15) is 5.52 Å². The summed E-state index contributed by atoms with van der Waals surface area (Å²) >= 11 is 11.1. The number of rotatable bonds is 0. The summed E-state index contributed by atoms with van der Waals surface area (Å²) in [6.45, 7) is 0. The Morgan fingerprint density at radius 3 is 2.31 bits per heavy atom. The molecule has 0 bridgehead atoms. The Labute approximate surface area is 97.0 Å². The van der Waals surface area contributed by atoms with Crippen molar-refractivity contribution in [1.82, 2.24) is 19.5 Å². The van der Waals surface area contributed by atoms with Crippen LogP contribution in [0.4, 0.5) is 13.2 Å². The second kappa shape index (κ2) is 3.46. The fourth-order valence-electron chi connectivity index (χ4n) is 1.29. The molecule has 0 unspecified atom stereocenters. The first-order valence-electron chi connectivity index (χ1n) is 3.93. The van der Waals surface area contributed by atoms with E-state index in [0.717, 1.165) is 4.57 Å². The van der Waals surface area contributed by atoms with E-state index < -0.39 is 12.0 Å². The molecule has 0 saturated carbocycles. The van der Waals surface area contributed by atoms with E-state index in [2.05, 4.69) is 15.0 Å². The van der Waals surface area contributed by atoms with Gasteiger partial charge in [-0.05, 0) is 11.6 Å². The fraction of sp³-hybridized carbons (Fsp3) is 0.286. The normalized spacial score (nSPS) is 12.4. The highest BCUT2D eigenvalue weighted by Gasteiger charge is 2.37. The minimum Gasteiger partial charge on any atom is -0.320 e. The maximum atomic E-state index is 12.5. The van der Waals surface area contributed by atoms with Crippen molar-refractivity contribution in [1.29, 1.82) is 0 Å². The molecule has 0 fully saturated rings. The largest absolute Gasteiger partial charge is 0.449 e. The van der Waals surface area contributed by atoms with E-state index in [1.165, 1.54) is 7.05 Å². The average Bonchev–Trinajstić information content (AvgIpc) is 2.41. The van der Waals surface area contributed by atoms with E-state index in [9.17, 15) is 13.2 Å². The zero-order valence-corrected chi connectivity index (χ0v) is 9.19. The molecule has 9 heteroatoms. The maximum absolute atomic E-state index is 12.5. The predicted octanol–water partition coefficient (Wildman–Crippen LogP) is 2.69. The van der Waals surface area contributed by atoms with Crippen LogP contribution in [-0.4, -0.2) is 19.5 Å². The highest BCUT2D eigenvalue weighted by Crippen LogP contribution is 2.32. The summed E-state index contributed by atoms with van der Waals surface area (Å²) < 4.78 is 38.3. The standard InChI is InChI=1S/C7H3Cl2F3N4/c1-16-2-3(8)13-6(9)15-4(2)14-5(16)7(10,11)12/h1H3. The van der Waals surface area contributed by atoms with Gasteiger partial charge in [0.05, 0.1) is 0 Å². The van der Waals surface area contributed by atoms with Gasteiger partial charge in [-0.1, -0.05) is 11.6 Å². The van der Waals surface area contributed by atoms with Gasteiger partial charge in [0.25, 0.3) is 0 Å². The van der Waals surface area contributed by atoms with Crippen molar-refractivity contribution in [3.8, 4) is 0 Å². The van der Waals surface area contributed by atoms with Crippen LogP contribution < -0.4 is 0 Å². The number of fused-ring (bicyclic) bond motifs is 1. The van der Waals surface area contributed by atoms with Crippen LogP contribution in [-0.2, 0) is 13.2 Å². The zero-order chi connectivity index (χ0) is 12.1. The van der Waals surface area contributed by atoms with E-state index in [1.807, 2.05) is 0 Å². The third kappa shape index (κ3) is 1.69. The van der Waals surface area contributed by atoms with Crippen molar-refractivity contribution < 1.29 is 13.2 Å². The monoisotopic (exact) mass is 270 g/mol. The number of hydrogen-bond donors (Lipinski definition) is 0. The summed E-state index contributed by atoms with van der Waals surface area (Å²) in [6, 6.07) is 0. The van der Waals surface area contributed by atoms with E-state index in [1.54, 1.807) is 0 Å². The summed E-state index contributed by atoms with van der Waals surface area (Å²) in [5.41, 5.74) is -0.182. The van der Waals surface area contributed by atoms with Gasteiger partial charge in [-0.3, -0.25) is 0 Å². The molecule has 2 heterocycles. The molecule has 0 amide bonds. The molecule has 4 nitrogen and oxygen atoms in total. The lowest BCUT2D eigenvalue weighted by molar-refractivity contribution is -0.146. The van der Waals surface area contributed by atoms with Crippen LogP contribution in [0.15, 0.2) is 0 Å². The highest BCUT2D eigenvalue weighted by molar-refractivity contribution is 6.35. The van der Waals surface area contributed by atoms with Crippen molar-refractivity contribution in [2.45, 2.75) is 6.18 Å². The fourth-order valence-corrected chi connectivity index (χ4v) is 1.79. The molecule has 2 aromatic rings. The van der Waals surface area contributed by atoms with Gasteiger partial charge in [0.15, 0.2) is 10.8 Å². The minimum atomic E-state index is -4.58. The van der Waals surface area contributed by atoms with Gasteiger partial charge in [-0.15, -0.1) is 0 Å². The summed E-state index contributed by atoms with van der Waals surface area (Å²) in [7, 11) is 1.18. The molecule has 0 atom stereocenters. The first-order valence-corrected chi connectivity index (χ1v) is 4.69. The van der Waals surface area contributed by atoms with Crippen LogP contribution in [0.25, 0.3) is 11.2 Å². The van der Waals surface area contributed by atoms with Crippen molar-refractivity contribution in [2.24, 2.45) is 7.05 Å². The third-order valence-corrected chi connectivity index (χ3v) is 2.35. The molecule has 0 aromatic carbocycles. The Bertz CT molecular complexity index is 563. The SMILES string of the molecule is Cn1c(C(F)(F)F)nc2nc(Cl)nc(Cl)c21. The number of alkyl halides is 3. The van der Waals surface area contributed by atoms with Gasteiger partial charge in [0, 0.05) is 7.05 Å². The van der Waals surface area contributed by atoms with Crippen molar-refractivity contribution >= 4 is 34.4 Å². The first kappa shape index (κ1) is 11.4. The van der Waals surface area contributed by atoms with Crippen LogP contribution in [0.5, 0.6) is 0 Å². The summed E-state index contributed by atoms with van der Waals surface area (Å²) in [5.74, 6) is -1.10. The number of aryl methyl sites for hydroxylation is 1. The molecule has 0 radical (unpaired) electrons. The van der Waals surface area contributed by atoms with E-state index in [0.29, 0.717) is 0 Å². The second-order valence-electron chi connectivity index (χ2n) is 2.95. The molecule has 0 saturated heterocycles. The van der Waals surface area contributed by atoms with Crippen molar-refractivity contribution in [2.75, 3.05) is 0 Å². The quantitative estimate of drug-likeness (QED) is 0.546. The summed E-state index contributed by atoms with van der Waals surface area (Å²) in [6.07, 6.45) is -4.58. The van der Waals surface area contributed by atoms with Gasteiger partial charge >= 0.3 is 6.18 Å². The number of nitrogens with zero attached hydrogens (tertiary/aromatic N) is 4. The highest BCUT2D eigenvalue weighted by atomic mass is 35.5. The maximum Gasteiger partial charge on any atom is 0.449 e. The molecule has 2 rings (SSSR count). The topological polar surface area (TPSA) is 43.6 Å². The lowest BCUT2D eigenvalue weighted by Crippen LogP contribution is -2.12. The van der Waals surface area contributed by atoms with Crippen molar-refractivity contribution in [3.63, 3.8) is 0 Å². The van der Waals surface area contributed by atoms with Crippen LogP contribution in [0.3, 0.4) is 0 Å². The Hall–Kier alpha value is -1.08. The molecule has 0 aliphatic rings. The number of imidazole rings is 1. The number of halogens is 5. The Balaban J connectivity index is 2.83. The molecule has 0 spiro atoms. The van der Waals surface area contributed by atoms with Crippen molar-refractivity contribution in [3.05, 3.63) is 16.3 Å². The molecule has 0 aliphatic carbocycles. The molecule has 0 aliphatic heterocycles. The molecule has 0 N–H and O–H groups in total. The van der Waals surface area contributed by atoms with Gasteiger partial charge < -0.3 is 4.57 Å². The first-order chi connectivity index (χ1) is 7.30. The van der Waals surface area contributed by atoms with Crippen LogP contribution in [0.1, 0.15) is 5.82 Å². The minimum absolute atomic E-state index is 0.00149. The molecular formula is C7H3Cl2F3N4.